The minimum absolute atomic E-state index is 0.119. The maximum atomic E-state index is 13.1. The number of carbonyl (C=O) groups is 1. The van der Waals surface area contributed by atoms with Gasteiger partial charge in [-0.2, -0.15) is 5.26 Å². The summed E-state index contributed by atoms with van der Waals surface area (Å²) >= 11 is 6.64. The molecule has 0 saturated carbocycles. The highest BCUT2D eigenvalue weighted by Gasteiger charge is 2.33. The summed E-state index contributed by atoms with van der Waals surface area (Å²) in [5, 5.41) is 9.67. The molecule has 2 unspecified atom stereocenters. The molecule has 2 saturated heterocycles. The molecule has 3 rings (SSSR count). The summed E-state index contributed by atoms with van der Waals surface area (Å²) in [5.41, 5.74) is 1.26. The van der Waals surface area contributed by atoms with Crippen molar-refractivity contribution in [3.05, 3.63) is 31.9 Å². The summed E-state index contributed by atoms with van der Waals surface area (Å²) in [6, 6.07) is 2.08. The van der Waals surface area contributed by atoms with Crippen LogP contribution in [0.2, 0.25) is 0 Å². The van der Waals surface area contributed by atoms with Crippen LogP contribution in [-0.2, 0) is 11.3 Å². The SMILES string of the molecule is CCN1C(=O)C(=Cc2c(C)c(C#N)c(=O)n(CC)c2N2CC(C)CC(C)C2)SC1=S. The van der Waals surface area contributed by atoms with E-state index in [4.69, 9.17) is 12.2 Å². The topological polar surface area (TPSA) is 69.3 Å². The number of rotatable bonds is 4. The van der Waals surface area contributed by atoms with Crippen LogP contribution < -0.4 is 10.5 Å². The Morgan fingerprint density at radius 1 is 1.20 bits per heavy atom. The summed E-state index contributed by atoms with van der Waals surface area (Å²) in [5.74, 6) is 1.68. The zero-order valence-electron chi connectivity index (χ0n) is 18.2. The number of anilines is 1. The second kappa shape index (κ2) is 8.94. The van der Waals surface area contributed by atoms with Crippen LogP contribution in [0.15, 0.2) is 9.70 Å². The Balaban J connectivity index is 2.27. The molecule has 0 spiro atoms. The van der Waals surface area contributed by atoms with Gasteiger partial charge in [0.2, 0.25) is 0 Å². The Morgan fingerprint density at radius 2 is 1.83 bits per heavy atom. The molecule has 0 N–H and O–H groups in total. The zero-order valence-corrected chi connectivity index (χ0v) is 19.8. The maximum Gasteiger partial charge on any atom is 0.270 e. The number of thioether (sulfide) groups is 1. The molecule has 30 heavy (non-hydrogen) atoms. The van der Waals surface area contributed by atoms with Crippen molar-refractivity contribution in [2.75, 3.05) is 24.5 Å². The molecule has 3 heterocycles. The minimum atomic E-state index is -0.267. The first-order chi connectivity index (χ1) is 14.2. The van der Waals surface area contributed by atoms with Crippen LogP contribution in [0.1, 0.15) is 50.8 Å². The van der Waals surface area contributed by atoms with Crippen molar-refractivity contribution in [1.82, 2.24) is 9.47 Å². The van der Waals surface area contributed by atoms with Gasteiger partial charge in [-0.3, -0.25) is 19.1 Å². The molecule has 1 aromatic heterocycles. The Kier molecular flexibility index (Phi) is 6.73. The normalized spacial score (nSPS) is 23.4. The lowest BCUT2D eigenvalue weighted by Gasteiger charge is -2.38. The molecule has 0 aliphatic carbocycles. The third-order valence-electron chi connectivity index (χ3n) is 5.80. The maximum absolute atomic E-state index is 13.1. The van der Waals surface area contributed by atoms with Crippen molar-refractivity contribution in [3.8, 4) is 6.07 Å². The number of nitriles is 1. The van der Waals surface area contributed by atoms with E-state index in [1.165, 1.54) is 11.8 Å². The largest absolute Gasteiger partial charge is 0.357 e. The van der Waals surface area contributed by atoms with Gasteiger partial charge in [0.15, 0.2) is 0 Å². The molecule has 6 nitrogen and oxygen atoms in total. The van der Waals surface area contributed by atoms with Crippen molar-refractivity contribution >= 4 is 46.1 Å². The molecular weight excluding hydrogens is 416 g/mol. The summed E-state index contributed by atoms with van der Waals surface area (Å²) < 4.78 is 2.22. The highest BCUT2D eigenvalue weighted by atomic mass is 32.2. The molecule has 160 valence electrons. The van der Waals surface area contributed by atoms with Crippen LogP contribution in [0.4, 0.5) is 5.82 Å². The number of hydrogen-bond acceptors (Lipinski definition) is 6. The van der Waals surface area contributed by atoms with Gasteiger partial charge in [0, 0.05) is 31.7 Å². The monoisotopic (exact) mass is 444 g/mol. The van der Waals surface area contributed by atoms with Crippen molar-refractivity contribution < 1.29 is 4.79 Å². The second-order valence-electron chi connectivity index (χ2n) is 8.18. The standard InChI is InChI=1S/C22H28N4O2S2/c1-6-25-19(24-11-13(3)8-14(4)12-24)16(15(5)17(10-23)20(25)27)9-18-21(28)26(7-2)22(29)30-18/h9,13-14H,6-8,11-12H2,1-5H3. The molecule has 0 radical (unpaired) electrons. The quantitative estimate of drug-likeness (QED) is 0.520. The number of aromatic nitrogens is 1. The number of hydrogen-bond donors (Lipinski definition) is 0. The van der Waals surface area contributed by atoms with Crippen molar-refractivity contribution in [2.24, 2.45) is 11.8 Å². The Morgan fingerprint density at radius 3 is 2.33 bits per heavy atom. The Bertz CT molecular complexity index is 1010. The van der Waals surface area contributed by atoms with E-state index < -0.39 is 0 Å². The first-order valence-electron chi connectivity index (χ1n) is 10.4. The third kappa shape index (κ3) is 3.93. The number of piperidine rings is 1. The fourth-order valence-corrected chi connectivity index (χ4v) is 5.88. The van der Waals surface area contributed by atoms with E-state index in [1.807, 2.05) is 19.9 Å². The predicted molar refractivity (Wildman–Crippen MR) is 127 cm³/mol. The van der Waals surface area contributed by atoms with Crippen molar-refractivity contribution in [3.63, 3.8) is 0 Å². The average Bonchev–Trinajstić information content (AvgIpc) is 2.95. The molecule has 1 aromatic rings. The fourth-order valence-electron chi connectivity index (χ4n) is 4.52. The van der Waals surface area contributed by atoms with Crippen molar-refractivity contribution in [1.29, 1.82) is 5.26 Å². The van der Waals surface area contributed by atoms with E-state index >= 15 is 0 Å². The minimum Gasteiger partial charge on any atom is -0.357 e. The number of pyridine rings is 1. The van der Waals surface area contributed by atoms with Gasteiger partial charge in [0.25, 0.3) is 11.5 Å². The molecule has 0 bridgehead atoms. The molecule has 8 heteroatoms. The number of carbonyl (C=O) groups excluding carboxylic acids is 1. The zero-order chi connectivity index (χ0) is 22.2. The third-order valence-corrected chi connectivity index (χ3v) is 7.17. The smallest absolute Gasteiger partial charge is 0.270 e. The molecule has 2 aliphatic rings. The average molecular weight is 445 g/mol. The van der Waals surface area contributed by atoms with Gasteiger partial charge in [-0.05, 0) is 50.7 Å². The number of amides is 1. The van der Waals surface area contributed by atoms with Gasteiger partial charge in [-0.15, -0.1) is 0 Å². The highest BCUT2D eigenvalue weighted by Crippen LogP contribution is 2.37. The van der Waals surface area contributed by atoms with Crippen LogP contribution in [0.25, 0.3) is 6.08 Å². The van der Waals surface area contributed by atoms with Crippen LogP contribution in [0, 0.1) is 30.1 Å². The van der Waals surface area contributed by atoms with E-state index in [1.54, 1.807) is 16.4 Å². The highest BCUT2D eigenvalue weighted by molar-refractivity contribution is 8.26. The first kappa shape index (κ1) is 22.6. The van der Waals surface area contributed by atoms with E-state index in [0.717, 1.165) is 30.9 Å². The predicted octanol–water partition coefficient (Wildman–Crippen LogP) is 3.75. The number of likely N-dealkylation sites (N-methyl/N-ethyl adjacent to an activating group) is 1. The lowest BCUT2D eigenvalue weighted by molar-refractivity contribution is -0.121. The summed E-state index contributed by atoms with van der Waals surface area (Å²) in [6.07, 6.45) is 2.97. The van der Waals surface area contributed by atoms with Crippen LogP contribution in [0.3, 0.4) is 0 Å². The van der Waals surface area contributed by atoms with Gasteiger partial charge in [-0.25, -0.2) is 0 Å². The van der Waals surface area contributed by atoms with Gasteiger partial charge in [0.1, 0.15) is 21.8 Å². The molecule has 2 atom stereocenters. The molecule has 2 fully saturated rings. The molecule has 1 amide bonds. The summed E-state index contributed by atoms with van der Waals surface area (Å²) in [4.78, 5) is 30.3. The van der Waals surface area contributed by atoms with Gasteiger partial charge in [0.05, 0.1) is 4.91 Å². The number of thiocarbonyl (C=S) groups is 1. The summed E-state index contributed by atoms with van der Waals surface area (Å²) in [7, 11) is 0. The van der Waals surface area contributed by atoms with Gasteiger partial charge < -0.3 is 4.90 Å². The van der Waals surface area contributed by atoms with E-state index in [9.17, 15) is 14.9 Å². The molecule has 2 aliphatic heterocycles. The van der Waals surface area contributed by atoms with Crippen LogP contribution in [-0.4, -0.2) is 39.3 Å². The Hall–Kier alpha value is -2.11. The first-order valence-corrected chi connectivity index (χ1v) is 11.6. The van der Waals surface area contributed by atoms with E-state index in [2.05, 4.69) is 24.8 Å². The van der Waals surface area contributed by atoms with Crippen molar-refractivity contribution in [2.45, 2.75) is 47.6 Å². The van der Waals surface area contributed by atoms with Crippen LogP contribution in [0.5, 0.6) is 0 Å². The Labute approximate surface area is 187 Å². The second-order valence-corrected chi connectivity index (χ2v) is 9.85. The summed E-state index contributed by atoms with van der Waals surface area (Å²) in [6.45, 7) is 12.7. The molecule has 0 aromatic carbocycles. The van der Waals surface area contributed by atoms with Gasteiger partial charge in [-0.1, -0.05) is 37.8 Å². The lowest BCUT2D eigenvalue weighted by Crippen LogP contribution is -2.42. The fraction of sp³-hybridized carbons (Fsp3) is 0.545. The molecular formula is C22H28N4O2S2. The lowest BCUT2D eigenvalue weighted by atomic mass is 9.91. The van der Waals surface area contributed by atoms with Gasteiger partial charge >= 0.3 is 0 Å². The van der Waals surface area contributed by atoms with Crippen LogP contribution >= 0.6 is 24.0 Å². The van der Waals surface area contributed by atoms with E-state index in [-0.39, 0.29) is 17.0 Å². The number of nitrogens with zero attached hydrogens (tertiary/aromatic N) is 4. The van der Waals surface area contributed by atoms with E-state index in [0.29, 0.717) is 39.7 Å².